The number of anilines is 1. The summed E-state index contributed by atoms with van der Waals surface area (Å²) in [7, 11) is -7.61. The first kappa shape index (κ1) is 23.1. The number of sulfonamides is 2. The highest BCUT2D eigenvalue weighted by Gasteiger charge is 2.27. The van der Waals surface area contributed by atoms with Crippen molar-refractivity contribution in [1.29, 1.82) is 0 Å². The predicted molar refractivity (Wildman–Crippen MR) is 102 cm³/mol. The lowest BCUT2D eigenvalue weighted by Crippen LogP contribution is -2.50. The van der Waals surface area contributed by atoms with Gasteiger partial charge in [-0.05, 0) is 50.9 Å². The molecule has 1 heterocycles. The summed E-state index contributed by atoms with van der Waals surface area (Å²) in [5.74, 6) is -0.778. The molecule has 3 N–H and O–H groups in total. The van der Waals surface area contributed by atoms with Gasteiger partial charge in [0.1, 0.15) is 5.82 Å². The Morgan fingerprint density at radius 3 is 2.42 bits per heavy atom. The van der Waals surface area contributed by atoms with E-state index in [-0.39, 0.29) is 34.9 Å². The van der Waals surface area contributed by atoms with E-state index in [4.69, 9.17) is 0 Å². The quantitative estimate of drug-likeness (QED) is 0.638. The van der Waals surface area contributed by atoms with Crippen molar-refractivity contribution in [3.05, 3.63) is 24.0 Å². The Balaban J connectivity index is 0.00000338. The monoisotopic (exact) mass is 429 g/mol. The van der Waals surface area contributed by atoms with Crippen molar-refractivity contribution in [2.75, 3.05) is 17.8 Å². The van der Waals surface area contributed by atoms with Crippen molar-refractivity contribution in [3.8, 4) is 0 Å². The van der Waals surface area contributed by atoms with Crippen LogP contribution in [0.2, 0.25) is 0 Å². The summed E-state index contributed by atoms with van der Waals surface area (Å²) in [6.45, 7) is 6.22. The lowest BCUT2D eigenvalue weighted by atomic mass is 9.96. The van der Waals surface area contributed by atoms with Crippen molar-refractivity contribution in [2.24, 2.45) is 5.92 Å². The van der Waals surface area contributed by atoms with Gasteiger partial charge in [0.15, 0.2) is 0 Å². The molecule has 26 heavy (non-hydrogen) atoms. The first-order valence-electron chi connectivity index (χ1n) is 8.07. The van der Waals surface area contributed by atoms with Crippen molar-refractivity contribution >= 4 is 38.1 Å². The summed E-state index contributed by atoms with van der Waals surface area (Å²) in [6.07, 6.45) is 0.845. The molecule has 0 saturated carbocycles. The van der Waals surface area contributed by atoms with E-state index in [9.17, 15) is 21.2 Å². The zero-order valence-electron chi connectivity index (χ0n) is 14.8. The molecule has 1 aliphatic heterocycles. The normalized spacial score (nSPS) is 21.3. The summed E-state index contributed by atoms with van der Waals surface area (Å²) < 4.78 is 67.5. The molecule has 0 aromatic heterocycles. The van der Waals surface area contributed by atoms with Crippen molar-refractivity contribution in [1.82, 2.24) is 10.0 Å². The van der Waals surface area contributed by atoms with Gasteiger partial charge in [0.25, 0.3) is 0 Å². The highest BCUT2D eigenvalue weighted by Crippen LogP contribution is 2.22. The zero-order chi connectivity index (χ0) is 18.8. The minimum absolute atomic E-state index is 0. The number of halogens is 2. The molecule has 1 saturated heterocycles. The molecule has 1 aromatic rings. The molecule has 0 radical (unpaired) electrons. The predicted octanol–water partition coefficient (Wildman–Crippen LogP) is 1.67. The van der Waals surface area contributed by atoms with Crippen LogP contribution < -0.4 is 14.8 Å². The molecule has 1 fully saturated rings. The highest BCUT2D eigenvalue weighted by molar-refractivity contribution is 7.93. The van der Waals surface area contributed by atoms with Crippen LogP contribution in [0.4, 0.5) is 10.1 Å². The van der Waals surface area contributed by atoms with E-state index in [1.165, 1.54) is 19.9 Å². The van der Waals surface area contributed by atoms with Gasteiger partial charge in [-0.1, -0.05) is 6.92 Å². The summed E-state index contributed by atoms with van der Waals surface area (Å²) in [6, 6.07) is 2.85. The number of rotatable bonds is 6. The molecule has 2 atom stereocenters. The van der Waals surface area contributed by atoms with Gasteiger partial charge in [0.2, 0.25) is 20.0 Å². The Bertz CT molecular complexity index is 831. The number of piperidine rings is 1. The fourth-order valence-electron chi connectivity index (χ4n) is 2.43. The Labute approximate surface area is 160 Å². The Morgan fingerprint density at radius 1 is 1.23 bits per heavy atom. The van der Waals surface area contributed by atoms with E-state index in [2.05, 4.69) is 14.8 Å². The van der Waals surface area contributed by atoms with Crippen molar-refractivity contribution < 1.29 is 21.2 Å². The fraction of sp³-hybridized carbons (Fsp3) is 0.600. The number of hydrogen-bond donors (Lipinski definition) is 3. The fourth-order valence-corrected chi connectivity index (χ4v) is 4.50. The molecule has 0 bridgehead atoms. The van der Waals surface area contributed by atoms with Gasteiger partial charge in [0.05, 0.1) is 15.8 Å². The van der Waals surface area contributed by atoms with Crippen LogP contribution >= 0.6 is 12.4 Å². The third-order valence-corrected chi connectivity index (χ3v) is 7.49. The van der Waals surface area contributed by atoms with Crippen LogP contribution in [0.3, 0.4) is 0 Å². The van der Waals surface area contributed by atoms with E-state index in [1.54, 1.807) is 0 Å². The molecule has 0 amide bonds. The molecule has 150 valence electrons. The van der Waals surface area contributed by atoms with Gasteiger partial charge in [0, 0.05) is 12.6 Å². The molecule has 0 aliphatic carbocycles. The third-order valence-electron chi connectivity index (χ3n) is 4.26. The summed E-state index contributed by atoms with van der Waals surface area (Å²) in [5, 5.41) is 2.38. The first-order valence-corrected chi connectivity index (χ1v) is 11.1. The van der Waals surface area contributed by atoms with Gasteiger partial charge in [-0.2, -0.15) is 0 Å². The molecule has 2 rings (SSSR count). The lowest BCUT2D eigenvalue weighted by Gasteiger charge is -2.30. The van der Waals surface area contributed by atoms with Crippen LogP contribution in [0.5, 0.6) is 0 Å². The third kappa shape index (κ3) is 5.53. The maximum absolute atomic E-state index is 14.2. The molecule has 11 heteroatoms. The van der Waals surface area contributed by atoms with Crippen molar-refractivity contribution in [3.63, 3.8) is 0 Å². The van der Waals surface area contributed by atoms with Crippen molar-refractivity contribution in [2.45, 2.75) is 43.4 Å². The molecule has 2 unspecified atom stereocenters. The second kappa shape index (κ2) is 8.83. The maximum Gasteiger partial charge on any atom is 0.240 e. The number of benzene rings is 1. The first-order chi connectivity index (χ1) is 11.5. The molecule has 7 nitrogen and oxygen atoms in total. The summed E-state index contributed by atoms with van der Waals surface area (Å²) in [4.78, 5) is -0.240. The van der Waals surface area contributed by atoms with Gasteiger partial charge in [-0.3, -0.25) is 4.72 Å². The SMILES string of the molecule is CC1CCNCC1NS(=O)(=O)c1ccc(NS(=O)(=O)C(C)C)c(F)c1.Cl. The van der Waals surface area contributed by atoms with Gasteiger partial charge in [-0.25, -0.2) is 25.9 Å². The Hall–Kier alpha value is -0.940. The second-order valence-corrected chi connectivity index (χ2v) is 10.5. The average molecular weight is 430 g/mol. The minimum Gasteiger partial charge on any atom is -0.315 e. The van der Waals surface area contributed by atoms with Gasteiger partial charge >= 0.3 is 0 Å². The van der Waals surface area contributed by atoms with E-state index in [0.717, 1.165) is 25.1 Å². The smallest absolute Gasteiger partial charge is 0.240 e. The van der Waals surface area contributed by atoms with Crippen LogP contribution in [0.1, 0.15) is 27.2 Å². The lowest BCUT2D eigenvalue weighted by molar-refractivity contribution is 0.327. The zero-order valence-corrected chi connectivity index (χ0v) is 17.3. The van der Waals surface area contributed by atoms with Crippen LogP contribution in [-0.2, 0) is 20.0 Å². The van der Waals surface area contributed by atoms with Crippen LogP contribution in [-0.4, -0.2) is 41.2 Å². The molecular formula is C15H25ClFN3O4S2. The van der Waals surface area contributed by atoms with E-state index in [1.807, 2.05) is 6.92 Å². The summed E-state index contributed by atoms with van der Waals surface area (Å²) in [5.41, 5.74) is -0.277. The molecular weight excluding hydrogens is 405 g/mol. The second-order valence-electron chi connectivity index (χ2n) is 6.54. The van der Waals surface area contributed by atoms with Gasteiger partial charge < -0.3 is 5.32 Å². The summed E-state index contributed by atoms with van der Waals surface area (Å²) >= 11 is 0. The average Bonchev–Trinajstić information content (AvgIpc) is 2.51. The van der Waals surface area contributed by atoms with E-state index in [0.29, 0.717) is 6.54 Å². The number of hydrogen-bond acceptors (Lipinski definition) is 5. The largest absolute Gasteiger partial charge is 0.315 e. The maximum atomic E-state index is 14.2. The Morgan fingerprint density at radius 2 is 1.88 bits per heavy atom. The van der Waals surface area contributed by atoms with Crippen LogP contribution in [0.25, 0.3) is 0 Å². The van der Waals surface area contributed by atoms with Crippen LogP contribution in [0, 0.1) is 11.7 Å². The minimum atomic E-state index is -3.90. The van der Waals surface area contributed by atoms with Crippen LogP contribution in [0.15, 0.2) is 23.1 Å². The molecule has 1 aliphatic rings. The highest BCUT2D eigenvalue weighted by atomic mass is 35.5. The standard InChI is InChI=1S/C15H24FN3O4S2.ClH/c1-10(2)24(20,21)18-14-5-4-12(8-13(14)16)25(22,23)19-15-9-17-7-6-11(15)3;/h4-5,8,10-11,15,17-19H,6-7,9H2,1-3H3;1H. The molecule has 0 spiro atoms. The molecule has 1 aromatic carbocycles. The Kier molecular flexibility index (Phi) is 7.85. The van der Waals surface area contributed by atoms with Gasteiger partial charge in [-0.15, -0.1) is 12.4 Å². The van der Waals surface area contributed by atoms with E-state index >= 15 is 0 Å². The van der Waals surface area contributed by atoms with E-state index < -0.39 is 31.1 Å². The topological polar surface area (TPSA) is 104 Å². The number of nitrogens with one attached hydrogen (secondary N) is 3.